The third-order valence-corrected chi connectivity index (χ3v) is 6.13. The number of nitrogens with one attached hydrogen (secondary N) is 2. The van der Waals surface area contributed by atoms with E-state index in [2.05, 4.69) is 10.0 Å². The highest BCUT2D eigenvalue weighted by atomic mass is 32.2. The Kier molecular flexibility index (Phi) is 5.60. The first-order valence-electron chi connectivity index (χ1n) is 6.96. The van der Waals surface area contributed by atoms with Crippen LogP contribution in [0, 0.1) is 11.8 Å². The van der Waals surface area contributed by atoms with Gasteiger partial charge in [0.05, 0.1) is 4.90 Å². The number of sulfonamides is 1. The average Bonchev–Trinajstić information content (AvgIpc) is 2.99. The van der Waals surface area contributed by atoms with Crippen molar-refractivity contribution in [3.63, 3.8) is 0 Å². The minimum Gasteiger partial charge on any atom is -0.465 e. The summed E-state index contributed by atoms with van der Waals surface area (Å²) in [6, 6.07) is 1.60. The molecule has 0 bridgehead atoms. The lowest BCUT2D eigenvalue weighted by molar-refractivity contribution is 0.188. The topological polar surface area (TPSA) is 95.5 Å². The first kappa shape index (κ1) is 16.3. The van der Waals surface area contributed by atoms with E-state index < -0.39 is 16.1 Å². The number of rotatable bonds is 6. The van der Waals surface area contributed by atoms with Crippen molar-refractivity contribution in [2.75, 3.05) is 13.1 Å². The van der Waals surface area contributed by atoms with Crippen molar-refractivity contribution < 1.29 is 18.3 Å². The zero-order chi connectivity index (χ0) is 15.3. The van der Waals surface area contributed by atoms with Crippen LogP contribution in [0.2, 0.25) is 0 Å². The van der Waals surface area contributed by atoms with Crippen molar-refractivity contribution in [2.45, 2.75) is 30.6 Å². The van der Waals surface area contributed by atoms with Gasteiger partial charge >= 0.3 is 6.09 Å². The maximum Gasteiger partial charge on any atom is 0.404 e. The van der Waals surface area contributed by atoms with Crippen LogP contribution in [0.1, 0.15) is 25.7 Å². The SMILES string of the molecule is O=C(O)NC[C@H]1CC[C@H](CNS(=O)(=O)c2ccsc2)CC1. The van der Waals surface area contributed by atoms with Crippen LogP contribution in [0.25, 0.3) is 0 Å². The molecule has 1 saturated carbocycles. The highest BCUT2D eigenvalue weighted by molar-refractivity contribution is 7.89. The molecule has 1 fully saturated rings. The lowest BCUT2D eigenvalue weighted by atomic mass is 9.82. The van der Waals surface area contributed by atoms with Crippen molar-refractivity contribution in [2.24, 2.45) is 11.8 Å². The monoisotopic (exact) mass is 332 g/mol. The lowest BCUT2D eigenvalue weighted by Crippen LogP contribution is -2.34. The second kappa shape index (κ2) is 7.24. The molecule has 0 spiro atoms. The third kappa shape index (κ3) is 4.98. The highest BCUT2D eigenvalue weighted by Gasteiger charge is 2.23. The average molecular weight is 332 g/mol. The van der Waals surface area contributed by atoms with Gasteiger partial charge in [0, 0.05) is 18.5 Å². The van der Waals surface area contributed by atoms with E-state index in [0.29, 0.717) is 29.8 Å². The quantitative estimate of drug-likeness (QED) is 0.743. The summed E-state index contributed by atoms with van der Waals surface area (Å²) in [6.45, 7) is 0.944. The maximum absolute atomic E-state index is 12.0. The Morgan fingerprint density at radius 1 is 1.24 bits per heavy atom. The summed E-state index contributed by atoms with van der Waals surface area (Å²) in [7, 11) is -3.38. The van der Waals surface area contributed by atoms with E-state index in [0.717, 1.165) is 25.7 Å². The molecule has 1 aromatic heterocycles. The Bertz CT molecular complexity index is 549. The molecule has 6 nitrogen and oxygen atoms in total. The number of thiophene rings is 1. The molecule has 0 unspecified atom stereocenters. The second-order valence-electron chi connectivity index (χ2n) is 5.38. The molecule has 0 radical (unpaired) electrons. The molecule has 0 atom stereocenters. The minimum atomic E-state index is -3.38. The van der Waals surface area contributed by atoms with Gasteiger partial charge in [-0.05, 0) is 49.0 Å². The Morgan fingerprint density at radius 3 is 2.38 bits per heavy atom. The Labute approximate surface area is 128 Å². The molecule has 1 heterocycles. The van der Waals surface area contributed by atoms with Gasteiger partial charge in [-0.15, -0.1) is 0 Å². The predicted octanol–water partition coefficient (Wildman–Crippen LogP) is 2.10. The van der Waals surface area contributed by atoms with Crippen LogP contribution in [-0.2, 0) is 10.0 Å². The van der Waals surface area contributed by atoms with Crippen molar-refractivity contribution >= 4 is 27.5 Å². The van der Waals surface area contributed by atoms with Gasteiger partial charge in [-0.3, -0.25) is 0 Å². The number of carbonyl (C=O) groups is 1. The largest absolute Gasteiger partial charge is 0.465 e. The molecule has 0 aromatic carbocycles. The molecule has 3 N–H and O–H groups in total. The second-order valence-corrected chi connectivity index (χ2v) is 7.93. The molecular formula is C13H20N2O4S2. The number of amides is 1. The number of carboxylic acid groups (broad SMARTS) is 1. The highest BCUT2D eigenvalue weighted by Crippen LogP contribution is 2.28. The van der Waals surface area contributed by atoms with Gasteiger partial charge in [0.2, 0.25) is 10.0 Å². The molecule has 1 amide bonds. The Balaban J connectivity index is 1.73. The van der Waals surface area contributed by atoms with Gasteiger partial charge in [0.25, 0.3) is 0 Å². The molecule has 0 saturated heterocycles. The van der Waals surface area contributed by atoms with E-state index in [4.69, 9.17) is 5.11 Å². The van der Waals surface area contributed by atoms with Crippen molar-refractivity contribution in [1.82, 2.24) is 10.0 Å². The first-order valence-corrected chi connectivity index (χ1v) is 9.38. The molecular weight excluding hydrogens is 312 g/mol. The van der Waals surface area contributed by atoms with Gasteiger partial charge in [-0.25, -0.2) is 17.9 Å². The fourth-order valence-corrected chi connectivity index (χ4v) is 4.73. The van der Waals surface area contributed by atoms with Crippen LogP contribution in [0.4, 0.5) is 4.79 Å². The summed E-state index contributed by atoms with van der Waals surface area (Å²) >= 11 is 1.36. The summed E-state index contributed by atoms with van der Waals surface area (Å²) in [5.41, 5.74) is 0. The number of hydrogen-bond donors (Lipinski definition) is 3. The van der Waals surface area contributed by atoms with Crippen LogP contribution >= 0.6 is 11.3 Å². The first-order chi connectivity index (χ1) is 9.97. The molecule has 1 aliphatic rings. The van der Waals surface area contributed by atoms with E-state index in [1.54, 1.807) is 16.8 Å². The molecule has 8 heteroatoms. The van der Waals surface area contributed by atoms with Crippen molar-refractivity contribution in [3.8, 4) is 0 Å². The van der Waals surface area contributed by atoms with Crippen molar-refractivity contribution in [1.29, 1.82) is 0 Å². The smallest absolute Gasteiger partial charge is 0.404 e. The Hall–Kier alpha value is -1.12. The van der Waals surface area contributed by atoms with Crippen molar-refractivity contribution in [3.05, 3.63) is 16.8 Å². The zero-order valence-electron chi connectivity index (χ0n) is 11.6. The van der Waals surface area contributed by atoms with Crippen LogP contribution in [0.3, 0.4) is 0 Å². The summed E-state index contributed by atoms with van der Waals surface area (Å²) < 4.78 is 26.7. The Morgan fingerprint density at radius 2 is 1.86 bits per heavy atom. The van der Waals surface area contributed by atoms with Crippen LogP contribution in [0.15, 0.2) is 21.7 Å². The fourth-order valence-electron chi connectivity index (χ4n) is 2.59. The molecule has 118 valence electrons. The summed E-state index contributed by atoms with van der Waals surface area (Å²) in [5, 5.41) is 14.4. The molecule has 21 heavy (non-hydrogen) atoms. The molecule has 1 aromatic rings. The predicted molar refractivity (Wildman–Crippen MR) is 81.0 cm³/mol. The van der Waals surface area contributed by atoms with E-state index >= 15 is 0 Å². The van der Waals surface area contributed by atoms with E-state index in [-0.39, 0.29) is 0 Å². The molecule has 1 aliphatic carbocycles. The summed E-state index contributed by atoms with van der Waals surface area (Å²) in [5.74, 6) is 0.699. The van der Waals surface area contributed by atoms with Crippen LogP contribution in [0.5, 0.6) is 0 Å². The maximum atomic E-state index is 12.0. The van der Waals surface area contributed by atoms with E-state index in [1.807, 2.05) is 0 Å². The number of hydrogen-bond acceptors (Lipinski definition) is 4. The third-order valence-electron chi connectivity index (χ3n) is 3.88. The van der Waals surface area contributed by atoms with Crippen LogP contribution < -0.4 is 10.0 Å². The molecule has 2 rings (SSSR count). The normalized spacial score (nSPS) is 22.9. The minimum absolute atomic E-state index is 0.326. The lowest BCUT2D eigenvalue weighted by Gasteiger charge is -2.28. The summed E-state index contributed by atoms with van der Waals surface area (Å²) in [4.78, 5) is 10.8. The van der Waals surface area contributed by atoms with Gasteiger partial charge in [-0.1, -0.05) is 0 Å². The molecule has 0 aliphatic heterocycles. The van der Waals surface area contributed by atoms with Crippen LogP contribution in [-0.4, -0.2) is 32.7 Å². The van der Waals surface area contributed by atoms with Gasteiger partial charge in [0.15, 0.2) is 0 Å². The zero-order valence-corrected chi connectivity index (χ0v) is 13.3. The van der Waals surface area contributed by atoms with E-state index in [1.165, 1.54) is 11.3 Å². The fraction of sp³-hybridized carbons (Fsp3) is 0.615. The van der Waals surface area contributed by atoms with Gasteiger partial charge in [0.1, 0.15) is 0 Å². The summed E-state index contributed by atoms with van der Waals surface area (Å²) in [6.07, 6.45) is 2.74. The van der Waals surface area contributed by atoms with Gasteiger partial charge in [-0.2, -0.15) is 11.3 Å². The van der Waals surface area contributed by atoms with E-state index in [9.17, 15) is 13.2 Å². The standard InChI is InChI=1S/C13H20N2O4S2/c16-13(17)14-7-10-1-3-11(4-2-10)8-15-21(18,19)12-5-6-20-9-12/h5-6,9-11,14-15H,1-4,7-8H2,(H,16,17)/t10-,11-. The van der Waals surface area contributed by atoms with Gasteiger partial charge < -0.3 is 10.4 Å².